The van der Waals surface area contributed by atoms with Gasteiger partial charge >= 0.3 is 0 Å². The van der Waals surface area contributed by atoms with Crippen LogP contribution in [0.2, 0.25) is 0 Å². The van der Waals surface area contributed by atoms with Crippen LogP contribution in [-0.4, -0.2) is 25.2 Å². The van der Waals surface area contributed by atoms with Crippen LogP contribution in [0.4, 0.5) is 4.39 Å². The zero-order valence-electron chi connectivity index (χ0n) is 6.63. The van der Waals surface area contributed by atoms with Gasteiger partial charge in [0.05, 0.1) is 12.0 Å². The zero-order chi connectivity index (χ0) is 8.60. The van der Waals surface area contributed by atoms with Crippen molar-refractivity contribution in [3.8, 4) is 5.19 Å². The van der Waals surface area contributed by atoms with E-state index >= 15 is 0 Å². The largest absolute Gasteiger partial charge is 0.473 e. The van der Waals surface area contributed by atoms with Crippen LogP contribution in [0.15, 0.2) is 6.20 Å². The van der Waals surface area contributed by atoms with E-state index in [4.69, 9.17) is 4.74 Å². The standard InChI is InChI=1S/C7H9FN2OS/c1-11-6-10-2-5(12-6)7(8)3-9-4-7/h2,9H,3-4H2,1H3. The molecule has 0 atom stereocenters. The molecule has 3 nitrogen and oxygen atoms in total. The van der Waals surface area contributed by atoms with Crippen molar-refractivity contribution in [3.05, 3.63) is 11.1 Å². The van der Waals surface area contributed by atoms with E-state index in [1.165, 1.54) is 18.4 Å². The summed E-state index contributed by atoms with van der Waals surface area (Å²) in [4.78, 5) is 4.56. The first-order valence-corrected chi connectivity index (χ1v) is 4.46. The number of nitrogens with one attached hydrogen (secondary N) is 1. The number of rotatable bonds is 2. The number of thiazole rings is 1. The summed E-state index contributed by atoms with van der Waals surface area (Å²) in [6.45, 7) is 0.774. The molecule has 66 valence electrons. The molecule has 2 heterocycles. The van der Waals surface area contributed by atoms with Crippen LogP contribution in [0.1, 0.15) is 4.88 Å². The normalized spacial score (nSPS) is 20.2. The van der Waals surface area contributed by atoms with Crippen molar-refractivity contribution in [2.24, 2.45) is 0 Å². The van der Waals surface area contributed by atoms with Crippen molar-refractivity contribution in [2.75, 3.05) is 20.2 Å². The molecule has 1 aliphatic heterocycles. The first kappa shape index (κ1) is 7.94. The van der Waals surface area contributed by atoms with Gasteiger partial charge in [-0.2, -0.15) is 0 Å². The lowest BCUT2D eigenvalue weighted by Gasteiger charge is -2.33. The van der Waals surface area contributed by atoms with Crippen molar-refractivity contribution in [1.82, 2.24) is 10.3 Å². The molecule has 1 N–H and O–H groups in total. The van der Waals surface area contributed by atoms with Gasteiger partial charge in [-0.25, -0.2) is 9.37 Å². The van der Waals surface area contributed by atoms with Crippen LogP contribution in [-0.2, 0) is 5.67 Å². The van der Waals surface area contributed by atoms with Gasteiger partial charge in [-0.15, -0.1) is 0 Å². The fourth-order valence-corrected chi connectivity index (χ4v) is 1.89. The predicted octanol–water partition coefficient (Wildman–Crippen LogP) is 0.920. The molecule has 0 unspecified atom stereocenters. The number of halogens is 1. The summed E-state index contributed by atoms with van der Waals surface area (Å²) < 4.78 is 18.5. The van der Waals surface area contributed by atoms with E-state index in [9.17, 15) is 4.39 Å². The summed E-state index contributed by atoms with van der Waals surface area (Å²) in [5, 5.41) is 3.41. The van der Waals surface area contributed by atoms with Crippen LogP contribution in [0.25, 0.3) is 0 Å². The maximum Gasteiger partial charge on any atom is 0.273 e. The lowest BCUT2D eigenvalue weighted by Crippen LogP contribution is -2.53. The van der Waals surface area contributed by atoms with Gasteiger partial charge < -0.3 is 10.1 Å². The number of nitrogens with zero attached hydrogens (tertiary/aromatic N) is 1. The lowest BCUT2D eigenvalue weighted by molar-refractivity contribution is 0.0931. The molecule has 1 saturated heterocycles. The van der Waals surface area contributed by atoms with Crippen LogP contribution in [0.3, 0.4) is 0 Å². The number of hydrogen-bond acceptors (Lipinski definition) is 4. The molecule has 1 fully saturated rings. The van der Waals surface area contributed by atoms with E-state index < -0.39 is 5.67 Å². The van der Waals surface area contributed by atoms with Crippen LogP contribution < -0.4 is 10.1 Å². The Balaban J connectivity index is 2.22. The summed E-state index contributed by atoms with van der Waals surface area (Å²) in [7, 11) is 1.53. The minimum atomic E-state index is -1.20. The predicted molar refractivity (Wildman–Crippen MR) is 44.3 cm³/mol. The van der Waals surface area contributed by atoms with Crippen molar-refractivity contribution in [2.45, 2.75) is 5.67 Å². The molecule has 0 aliphatic carbocycles. The van der Waals surface area contributed by atoms with Crippen molar-refractivity contribution >= 4 is 11.3 Å². The highest BCUT2D eigenvalue weighted by Crippen LogP contribution is 2.36. The van der Waals surface area contributed by atoms with E-state index in [2.05, 4.69) is 10.3 Å². The first-order chi connectivity index (χ1) is 5.74. The second-order valence-corrected chi connectivity index (χ2v) is 3.76. The van der Waals surface area contributed by atoms with E-state index in [0.717, 1.165) is 0 Å². The van der Waals surface area contributed by atoms with Crippen molar-refractivity contribution in [1.29, 1.82) is 0 Å². The molecule has 1 aliphatic rings. The van der Waals surface area contributed by atoms with Gasteiger partial charge in [-0.1, -0.05) is 11.3 Å². The molecule has 12 heavy (non-hydrogen) atoms. The summed E-state index contributed by atoms with van der Waals surface area (Å²) in [6.07, 6.45) is 1.55. The first-order valence-electron chi connectivity index (χ1n) is 3.64. The highest BCUT2D eigenvalue weighted by atomic mass is 32.1. The Kier molecular flexibility index (Phi) is 1.77. The average molecular weight is 188 g/mol. The van der Waals surface area contributed by atoms with Crippen molar-refractivity contribution < 1.29 is 9.13 Å². The molecule has 0 aromatic carbocycles. The van der Waals surface area contributed by atoms with E-state index in [1.807, 2.05) is 0 Å². The van der Waals surface area contributed by atoms with E-state index in [1.54, 1.807) is 6.20 Å². The molecule has 1 aromatic rings. The van der Waals surface area contributed by atoms with Crippen LogP contribution >= 0.6 is 11.3 Å². The summed E-state index contributed by atoms with van der Waals surface area (Å²) >= 11 is 1.27. The summed E-state index contributed by atoms with van der Waals surface area (Å²) in [5.74, 6) is 0. The number of methoxy groups -OCH3 is 1. The number of alkyl halides is 1. The number of ether oxygens (including phenoxy) is 1. The van der Waals surface area contributed by atoms with Gasteiger partial charge in [0.2, 0.25) is 0 Å². The summed E-state index contributed by atoms with van der Waals surface area (Å²) in [5.41, 5.74) is -1.20. The molecular weight excluding hydrogens is 179 g/mol. The van der Waals surface area contributed by atoms with Gasteiger partial charge in [0.15, 0.2) is 5.67 Å². The Morgan fingerprint density at radius 3 is 2.92 bits per heavy atom. The van der Waals surface area contributed by atoms with E-state index in [0.29, 0.717) is 23.2 Å². The lowest BCUT2D eigenvalue weighted by atomic mass is 9.98. The fraction of sp³-hybridized carbons (Fsp3) is 0.571. The maximum atomic E-state index is 13.6. The molecule has 1 aromatic heterocycles. The minimum Gasteiger partial charge on any atom is -0.473 e. The Labute approximate surface area is 73.6 Å². The van der Waals surface area contributed by atoms with Gasteiger partial charge in [0, 0.05) is 19.3 Å². The Bertz CT molecular complexity index is 285. The smallest absolute Gasteiger partial charge is 0.273 e. The fourth-order valence-electron chi connectivity index (χ4n) is 1.08. The molecule has 0 radical (unpaired) electrons. The average Bonchev–Trinajstić information content (AvgIpc) is 2.48. The zero-order valence-corrected chi connectivity index (χ0v) is 7.45. The SMILES string of the molecule is COc1ncc(C2(F)CNC2)s1. The molecule has 0 amide bonds. The Morgan fingerprint density at radius 2 is 2.50 bits per heavy atom. The van der Waals surface area contributed by atoms with Gasteiger partial charge in [0.25, 0.3) is 5.19 Å². The highest BCUT2D eigenvalue weighted by molar-refractivity contribution is 7.13. The quantitative estimate of drug-likeness (QED) is 0.749. The Morgan fingerprint density at radius 1 is 1.75 bits per heavy atom. The molecule has 0 saturated carbocycles. The third-order valence-electron chi connectivity index (χ3n) is 1.91. The second kappa shape index (κ2) is 2.67. The minimum absolute atomic E-state index is 0.387. The van der Waals surface area contributed by atoms with Gasteiger partial charge in [-0.05, 0) is 0 Å². The summed E-state index contributed by atoms with van der Waals surface area (Å²) in [6, 6.07) is 0. The Hall–Kier alpha value is -0.680. The molecule has 0 bridgehead atoms. The van der Waals surface area contributed by atoms with Gasteiger partial charge in [-0.3, -0.25) is 0 Å². The maximum absolute atomic E-state index is 13.6. The second-order valence-electron chi connectivity index (χ2n) is 2.76. The molecule has 5 heteroatoms. The molecule has 2 rings (SSSR count). The van der Waals surface area contributed by atoms with Gasteiger partial charge in [0.1, 0.15) is 0 Å². The molecule has 0 spiro atoms. The van der Waals surface area contributed by atoms with Crippen LogP contribution in [0, 0.1) is 0 Å². The van der Waals surface area contributed by atoms with Crippen molar-refractivity contribution in [3.63, 3.8) is 0 Å². The molecular formula is C7H9FN2OS. The van der Waals surface area contributed by atoms with Crippen LogP contribution in [0.5, 0.6) is 5.19 Å². The van der Waals surface area contributed by atoms with E-state index in [-0.39, 0.29) is 0 Å². The monoisotopic (exact) mass is 188 g/mol. The third-order valence-corrected chi connectivity index (χ3v) is 3.05. The topological polar surface area (TPSA) is 34.1 Å². The third kappa shape index (κ3) is 1.09. The highest BCUT2D eigenvalue weighted by Gasteiger charge is 2.40. The number of hydrogen-bond donors (Lipinski definition) is 1. The number of aromatic nitrogens is 1.